The molecular formula is C19H29N3O. The van der Waals surface area contributed by atoms with E-state index < -0.39 is 0 Å². The molecule has 0 aromatic heterocycles. The van der Waals surface area contributed by atoms with Crippen LogP contribution in [0.3, 0.4) is 0 Å². The molecule has 1 aliphatic carbocycles. The van der Waals surface area contributed by atoms with E-state index in [9.17, 15) is 4.79 Å². The molecule has 1 atom stereocenters. The Hall–Kier alpha value is -1.39. The van der Waals surface area contributed by atoms with Crippen LogP contribution in [-0.4, -0.2) is 44.0 Å². The second-order valence-corrected chi connectivity index (χ2v) is 7.24. The van der Waals surface area contributed by atoms with Crippen LogP contribution in [0.5, 0.6) is 0 Å². The van der Waals surface area contributed by atoms with Crippen LogP contribution in [0.15, 0.2) is 30.3 Å². The van der Waals surface area contributed by atoms with E-state index in [0.29, 0.717) is 5.41 Å². The molecule has 1 unspecified atom stereocenters. The largest absolute Gasteiger partial charge is 0.356 e. The standard InChI is InChI=1S/C19H29N3O/c1-22(15-16-6-3-2-4-7-16)13-5-10-21-18(23)17-14-19(17)8-11-20-12-9-19/h2-4,6-7,17,20H,5,8-15H2,1H3,(H,21,23). The van der Waals surface area contributed by atoms with Crippen molar-refractivity contribution in [3.8, 4) is 0 Å². The van der Waals surface area contributed by atoms with Crippen LogP contribution in [-0.2, 0) is 11.3 Å². The Labute approximate surface area is 139 Å². The Morgan fingerprint density at radius 3 is 2.78 bits per heavy atom. The number of amides is 1. The van der Waals surface area contributed by atoms with Gasteiger partial charge in [-0.15, -0.1) is 0 Å². The molecule has 2 aliphatic rings. The summed E-state index contributed by atoms with van der Waals surface area (Å²) in [6.45, 7) is 4.92. The molecule has 4 nitrogen and oxygen atoms in total. The third kappa shape index (κ3) is 4.33. The number of nitrogens with zero attached hydrogens (tertiary/aromatic N) is 1. The number of rotatable bonds is 7. The van der Waals surface area contributed by atoms with Crippen LogP contribution >= 0.6 is 0 Å². The van der Waals surface area contributed by atoms with Gasteiger partial charge in [0.05, 0.1) is 0 Å². The number of piperidine rings is 1. The summed E-state index contributed by atoms with van der Waals surface area (Å²) >= 11 is 0. The van der Waals surface area contributed by atoms with Crippen LogP contribution in [0.1, 0.15) is 31.2 Å². The van der Waals surface area contributed by atoms with Gasteiger partial charge in [-0.2, -0.15) is 0 Å². The van der Waals surface area contributed by atoms with Gasteiger partial charge in [0.1, 0.15) is 0 Å². The summed E-state index contributed by atoms with van der Waals surface area (Å²) in [7, 11) is 2.14. The Balaban J connectivity index is 1.30. The highest BCUT2D eigenvalue weighted by atomic mass is 16.2. The maximum atomic E-state index is 12.3. The van der Waals surface area contributed by atoms with Crippen molar-refractivity contribution in [2.24, 2.45) is 11.3 Å². The van der Waals surface area contributed by atoms with Crippen LogP contribution < -0.4 is 10.6 Å². The summed E-state index contributed by atoms with van der Waals surface area (Å²) in [4.78, 5) is 14.6. The van der Waals surface area contributed by atoms with E-state index in [1.165, 1.54) is 18.4 Å². The first-order chi connectivity index (χ1) is 11.2. The molecular weight excluding hydrogens is 286 g/mol. The van der Waals surface area contributed by atoms with Gasteiger partial charge in [0.15, 0.2) is 0 Å². The van der Waals surface area contributed by atoms with Gasteiger partial charge in [-0.3, -0.25) is 4.79 Å². The van der Waals surface area contributed by atoms with E-state index in [-0.39, 0.29) is 11.8 Å². The summed E-state index contributed by atoms with van der Waals surface area (Å²) in [6.07, 6.45) is 4.46. The van der Waals surface area contributed by atoms with Gasteiger partial charge in [-0.1, -0.05) is 30.3 Å². The Kier molecular flexibility index (Phi) is 5.34. The number of carbonyl (C=O) groups excluding carboxylic acids is 1. The highest BCUT2D eigenvalue weighted by Crippen LogP contribution is 2.58. The van der Waals surface area contributed by atoms with E-state index >= 15 is 0 Å². The first-order valence-corrected chi connectivity index (χ1v) is 8.90. The summed E-state index contributed by atoms with van der Waals surface area (Å²) in [5.41, 5.74) is 1.68. The molecule has 23 heavy (non-hydrogen) atoms. The summed E-state index contributed by atoms with van der Waals surface area (Å²) in [5, 5.41) is 6.54. The second kappa shape index (κ2) is 7.45. The minimum atomic E-state index is 0.284. The molecule has 0 radical (unpaired) electrons. The fourth-order valence-corrected chi connectivity index (χ4v) is 3.85. The van der Waals surface area contributed by atoms with Gasteiger partial charge in [-0.25, -0.2) is 0 Å². The van der Waals surface area contributed by atoms with E-state index in [1.807, 2.05) is 6.07 Å². The zero-order valence-electron chi connectivity index (χ0n) is 14.2. The minimum absolute atomic E-state index is 0.284. The lowest BCUT2D eigenvalue weighted by Gasteiger charge is -2.23. The number of hydrogen-bond acceptors (Lipinski definition) is 3. The Bertz CT molecular complexity index is 511. The molecule has 1 aromatic rings. The fourth-order valence-electron chi connectivity index (χ4n) is 3.85. The molecule has 1 heterocycles. The molecule has 0 bridgehead atoms. The topological polar surface area (TPSA) is 44.4 Å². The molecule has 1 saturated carbocycles. The molecule has 1 spiro atoms. The van der Waals surface area contributed by atoms with Crippen molar-refractivity contribution in [1.82, 2.24) is 15.5 Å². The molecule has 1 aromatic carbocycles. The number of hydrogen-bond donors (Lipinski definition) is 2. The average molecular weight is 315 g/mol. The van der Waals surface area contributed by atoms with Crippen molar-refractivity contribution in [3.05, 3.63) is 35.9 Å². The van der Waals surface area contributed by atoms with Crippen molar-refractivity contribution < 1.29 is 4.79 Å². The quantitative estimate of drug-likeness (QED) is 0.757. The maximum absolute atomic E-state index is 12.3. The van der Waals surface area contributed by atoms with Gasteiger partial charge in [-0.05, 0) is 63.3 Å². The van der Waals surface area contributed by atoms with Crippen LogP contribution in [0.4, 0.5) is 0 Å². The third-order valence-corrected chi connectivity index (χ3v) is 5.42. The SMILES string of the molecule is CN(CCCNC(=O)C1CC12CCNCC2)Cc1ccccc1. The number of carbonyl (C=O) groups is 1. The van der Waals surface area contributed by atoms with Gasteiger partial charge in [0.25, 0.3) is 0 Å². The van der Waals surface area contributed by atoms with E-state index in [0.717, 1.165) is 45.6 Å². The van der Waals surface area contributed by atoms with E-state index in [4.69, 9.17) is 0 Å². The predicted octanol–water partition coefficient (Wildman–Crippen LogP) is 2.01. The highest BCUT2D eigenvalue weighted by Gasteiger charge is 2.57. The predicted molar refractivity (Wildman–Crippen MR) is 93.0 cm³/mol. The van der Waals surface area contributed by atoms with Crippen molar-refractivity contribution in [2.75, 3.05) is 33.2 Å². The lowest BCUT2D eigenvalue weighted by atomic mass is 9.92. The zero-order chi connectivity index (χ0) is 16.1. The van der Waals surface area contributed by atoms with Crippen LogP contribution in [0.25, 0.3) is 0 Å². The average Bonchev–Trinajstić information content (AvgIpc) is 3.26. The van der Waals surface area contributed by atoms with Gasteiger partial charge in [0, 0.05) is 19.0 Å². The molecule has 4 heteroatoms. The number of benzene rings is 1. The van der Waals surface area contributed by atoms with Crippen molar-refractivity contribution in [1.29, 1.82) is 0 Å². The third-order valence-electron chi connectivity index (χ3n) is 5.42. The molecule has 1 amide bonds. The van der Waals surface area contributed by atoms with Crippen molar-refractivity contribution in [2.45, 2.75) is 32.2 Å². The molecule has 1 aliphatic heterocycles. The van der Waals surface area contributed by atoms with E-state index in [2.05, 4.69) is 46.8 Å². The Morgan fingerprint density at radius 2 is 2.04 bits per heavy atom. The van der Waals surface area contributed by atoms with Crippen LogP contribution in [0.2, 0.25) is 0 Å². The smallest absolute Gasteiger partial charge is 0.223 e. The first-order valence-electron chi connectivity index (χ1n) is 8.90. The molecule has 126 valence electrons. The minimum Gasteiger partial charge on any atom is -0.356 e. The fraction of sp³-hybridized carbons (Fsp3) is 0.632. The maximum Gasteiger partial charge on any atom is 0.223 e. The lowest BCUT2D eigenvalue weighted by Crippen LogP contribution is -2.34. The summed E-state index contributed by atoms with van der Waals surface area (Å²) < 4.78 is 0. The van der Waals surface area contributed by atoms with Crippen molar-refractivity contribution >= 4 is 5.91 Å². The molecule has 2 N–H and O–H groups in total. The Morgan fingerprint density at radius 1 is 1.30 bits per heavy atom. The molecule has 1 saturated heterocycles. The van der Waals surface area contributed by atoms with Gasteiger partial charge >= 0.3 is 0 Å². The highest BCUT2D eigenvalue weighted by molar-refractivity contribution is 5.82. The first kappa shape index (κ1) is 16.5. The monoisotopic (exact) mass is 315 g/mol. The summed E-state index contributed by atoms with van der Waals surface area (Å²) in [6, 6.07) is 10.5. The van der Waals surface area contributed by atoms with Crippen molar-refractivity contribution in [3.63, 3.8) is 0 Å². The van der Waals surface area contributed by atoms with Crippen LogP contribution in [0, 0.1) is 11.3 Å². The normalized spacial score (nSPS) is 22.3. The second-order valence-electron chi connectivity index (χ2n) is 7.24. The molecule has 3 rings (SSSR count). The van der Waals surface area contributed by atoms with Gasteiger partial charge in [0.2, 0.25) is 5.91 Å². The summed E-state index contributed by atoms with van der Waals surface area (Å²) in [5.74, 6) is 0.573. The van der Waals surface area contributed by atoms with Gasteiger partial charge < -0.3 is 15.5 Å². The van der Waals surface area contributed by atoms with E-state index in [1.54, 1.807) is 0 Å². The zero-order valence-corrected chi connectivity index (χ0v) is 14.2. The molecule has 2 fully saturated rings. The number of nitrogens with one attached hydrogen (secondary N) is 2. The lowest BCUT2D eigenvalue weighted by molar-refractivity contribution is -0.123.